The van der Waals surface area contributed by atoms with Crippen LogP contribution in [0.5, 0.6) is 0 Å². The van der Waals surface area contributed by atoms with Gasteiger partial charge in [0.1, 0.15) is 18.2 Å². The van der Waals surface area contributed by atoms with Gasteiger partial charge in [0.2, 0.25) is 5.91 Å². The molecule has 26 heavy (non-hydrogen) atoms. The molecule has 8 heteroatoms. The lowest BCUT2D eigenvalue weighted by Crippen LogP contribution is -2.47. The van der Waals surface area contributed by atoms with E-state index in [0.717, 1.165) is 40.7 Å². The van der Waals surface area contributed by atoms with Crippen molar-refractivity contribution in [2.24, 2.45) is 0 Å². The molecule has 0 fully saturated rings. The largest absolute Gasteiger partial charge is 0.350 e. The van der Waals surface area contributed by atoms with E-state index in [1.165, 1.54) is 12.1 Å². The molecule has 0 atom stereocenters. The normalized spacial score (nSPS) is 11.9. The fourth-order valence-corrected chi connectivity index (χ4v) is 3.67. The summed E-state index contributed by atoms with van der Waals surface area (Å²) in [6.07, 6.45) is 0. The fourth-order valence-electron chi connectivity index (χ4n) is 2.24. The number of nitrogens with one attached hydrogen (secondary N) is 1. The van der Waals surface area contributed by atoms with E-state index in [0.29, 0.717) is 0 Å². The van der Waals surface area contributed by atoms with Crippen LogP contribution < -0.4 is 9.62 Å². The number of carbonyl (C=O) groups is 1. The standard InChI is InChI=1S/C18H20F2N2O3S/c1-18(2,3)21-17(23)12-22(15-8-4-13(19)5-9-15)26(24,25)16-10-6-14(20)7-11-16/h4-11H,12H2,1-3H3,(H,21,23). The van der Waals surface area contributed by atoms with Crippen LogP contribution in [-0.4, -0.2) is 26.4 Å². The lowest BCUT2D eigenvalue weighted by atomic mass is 10.1. The smallest absolute Gasteiger partial charge is 0.264 e. The highest BCUT2D eigenvalue weighted by Crippen LogP contribution is 2.24. The molecule has 0 heterocycles. The molecule has 0 bridgehead atoms. The molecule has 0 saturated carbocycles. The van der Waals surface area contributed by atoms with Crippen LogP contribution in [0.4, 0.5) is 14.5 Å². The highest BCUT2D eigenvalue weighted by atomic mass is 32.2. The number of halogens is 2. The minimum atomic E-state index is -4.15. The summed E-state index contributed by atoms with van der Waals surface area (Å²) in [4.78, 5) is 12.1. The summed E-state index contributed by atoms with van der Waals surface area (Å²) < 4.78 is 53.1. The Hall–Kier alpha value is -2.48. The van der Waals surface area contributed by atoms with Gasteiger partial charge in [-0.3, -0.25) is 9.10 Å². The molecular formula is C18H20F2N2O3S. The molecule has 5 nitrogen and oxygen atoms in total. The first-order valence-corrected chi connectivity index (χ1v) is 9.28. The highest BCUT2D eigenvalue weighted by molar-refractivity contribution is 7.92. The topological polar surface area (TPSA) is 66.5 Å². The van der Waals surface area contributed by atoms with E-state index in [1.54, 1.807) is 20.8 Å². The summed E-state index contributed by atoms with van der Waals surface area (Å²) >= 11 is 0. The zero-order chi connectivity index (χ0) is 19.5. The number of nitrogens with zero attached hydrogens (tertiary/aromatic N) is 1. The van der Waals surface area contributed by atoms with E-state index in [-0.39, 0.29) is 10.6 Å². The van der Waals surface area contributed by atoms with Crippen LogP contribution in [0, 0.1) is 11.6 Å². The van der Waals surface area contributed by atoms with Gasteiger partial charge in [-0.05, 0) is 69.3 Å². The van der Waals surface area contributed by atoms with E-state index in [9.17, 15) is 22.0 Å². The second-order valence-electron chi connectivity index (χ2n) is 6.74. The second kappa shape index (κ2) is 7.41. The van der Waals surface area contributed by atoms with Crippen molar-refractivity contribution in [2.45, 2.75) is 31.2 Å². The second-order valence-corrected chi connectivity index (χ2v) is 8.60. The third-order valence-corrected chi connectivity index (χ3v) is 5.11. The van der Waals surface area contributed by atoms with Crippen LogP contribution in [-0.2, 0) is 14.8 Å². The van der Waals surface area contributed by atoms with Gasteiger partial charge < -0.3 is 5.32 Å². The Labute approximate surface area is 151 Å². The first-order valence-electron chi connectivity index (χ1n) is 7.84. The summed E-state index contributed by atoms with van der Waals surface area (Å²) in [6, 6.07) is 9.00. The van der Waals surface area contributed by atoms with Crippen LogP contribution in [0.2, 0.25) is 0 Å². The van der Waals surface area contributed by atoms with E-state index >= 15 is 0 Å². The van der Waals surface area contributed by atoms with Gasteiger partial charge in [0.05, 0.1) is 10.6 Å². The maximum Gasteiger partial charge on any atom is 0.264 e. The van der Waals surface area contributed by atoms with Crippen molar-refractivity contribution in [3.8, 4) is 0 Å². The fraction of sp³-hybridized carbons (Fsp3) is 0.278. The van der Waals surface area contributed by atoms with Crippen LogP contribution in [0.1, 0.15) is 20.8 Å². The van der Waals surface area contributed by atoms with Gasteiger partial charge >= 0.3 is 0 Å². The number of hydrogen-bond donors (Lipinski definition) is 1. The molecule has 0 spiro atoms. The number of sulfonamides is 1. The zero-order valence-corrected chi connectivity index (χ0v) is 15.5. The lowest BCUT2D eigenvalue weighted by molar-refractivity contribution is -0.121. The van der Waals surface area contributed by atoms with Crippen molar-refractivity contribution >= 4 is 21.6 Å². The quantitative estimate of drug-likeness (QED) is 0.864. The molecular weight excluding hydrogens is 362 g/mol. The molecule has 2 rings (SSSR count). The Morgan fingerprint density at radius 3 is 1.88 bits per heavy atom. The van der Waals surface area contributed by atoms with Gasteiger partial charge in [-0.1, -0.05) is 0 Å². The summed E-state index contributed by atoms with van der Waals surface area (Å²) in [5.41, 5.74) is -0.426. The Bertz CT molecular complexity index is 874. The average Bonchev–Trinajstić information content (AvgIpc) is 2.52. The number of rotatable bonds is 5. The van der Waals surface area contributed by atoms with Gasteiger partial charge in [-0.25, -0.2) is 17.2 Å². The van der Waals surface area contributed by atoms with Gasteiger partial charge in [0.15, 0.2) is 0 Å². The minimum Gasteiger partial charge on any atom is -0.350 e. The predicted molar refractivity (Wildman–Crippen MR) is 95.2 cm³/mol. The minimum absolute atomic E-state index is 0.125. The number of hydrogen-bond acceptors (Lipinski definition) is 3. The molecule has 0 aliphatic rings. The highest BCUT2D eigenvalue weighted by Gasteiger charge is 2.28. The lowest BCUT2D eigenvalue weighted by Gasteiger charge is -2.27. The maximum atomic E-state index is 13.2. The maximum absolute atomic E-state index is 13.2. The third kappa shape index (κ3) is 5.01. The first-order chi connectivity index (χ1) is 12.0. The molecule has 1 amide bonds. The Balaban J connectivity index is 2.44. The molecule has 0 saturated heterocycles. The van der Waals surface area contributed by atoms with E-state index in [1.807, 2.05) is 0 Å². The zero-order valence-electron chi connectivity index (χ0n) is 14.7. The van der Waals surface area contributed by atoms with Crippen molar-refractivity contribution in [3.05, 3.63) is 60.2 Å². The number of carbonyl (C=O) groups excluding carboxylic acids is 1. The Morgan fingerprint density at radius 2 is 1.42 bits per heavy atom. The Kier molecular flexibility index (Phi) is 5.65. The van der Waals surface area contributed by atoms with Gasteiger partial charge in [-0.2, -0.15) is 0 Å². The summed E-state index contributed by atoms with van der Waals surface area (Å²) in [5.74, 6) is -1.64. The molecule has 2 aromatic rings. The summed E-state index contributed by atoms with van der Waals surface area (Å²) in [6.45, 7) is 4.80. The van der Waals surface area contributed by atoms with Crippen LogP contribution in [0.15, 0.2) is 53.4 Å². The summed E-state index contributed by atoms with van der Waals surface area (Å²) in [5, 5.41) is 2.68. The van der Waals surface area contributed by atoms with E-state index in [2.05, 4.69) is 5.32 Å². The predicted octanol–water partition coefficient (Wildman–Crippen LogP) is 3.07. The molecule has 2 aromatic carbocycles. The average molecular weight is 382 g/mol. The Morgan fingerprint density at radius 1 is 0.962 bits per heavy atom. The number of amides is 1. The molecule has 0 radical (unpaired) electrons. The number of benzene rings is 2. The first kappa shape index (κ1) is 19.8. The van der Waals surface area contributed by atoms with E-state index < -0.39 is 39.6 Å². The molecule has 140 valence electrons. The van der Waals surface area contributed by atoms with E-state index in [4.69, 9.17) is 0 Å². The van der Waals surface area contributed by atoms with Gasteiger partial charge in [0.25, 0.3) is 10.0 Å². The van der Waals surface area contributed by atoms with Crippen molar-refractivity contribution in [3.63, 3.8) is 0 Å². The van der Waals surface area contributed by atoms with Crippen LogP contribution >= 0.6 is 0 Å². The molecule has 0 aliphatic heterocycles. The van der Waals surface area contributed by atoms with Crippen LogP contribution in [0.25, 0.3) is 0 Å². The number of anilines is 1. The van der Waals surface area contributed by atoms with Crippen molar-refractivity contribution in [2.75, 3.05) is 10.8 Å². The van der Waals surface area contributed by atoms with Crippen LogP contribution in [0.3, 0.4) is 0 Å². The molecule has 0 unspecified atom stereocenters. The molecule has 0 aliphatic carbocycles. The van der Waals surface area contributed by atoms with Crippen molar-refractivity contribution in [1.29, 1.82) is 0 Å². The van der Waals surface area contributed by atoms with Crippen molar-refractivity contribution < 1.29 is 22.0 Å². The third-order valence-electron chi connectivity index (χ3n) is 3.32. The van der Waals surface area contributed by atoms with Gasteiger partial charge in [0, 0.05) is 5.54 Å². The van der Waals surface area contributed by atoms with Gasteiger partial charge in [-0.15, -0.1) is 0 Å². The molecule has 0 aromatic heterocycles. The SMILES string of the molecule is CC(C)(C)NC(=O)CN(c1ccc(F)cc1)S(=O)(=O)c1ccc(F)cc1. The molecule has 1 N–H and O–H groups in total. The summed E-state index contributed by atoms with van der Waals surface area (Å²) in [7, 11) is -4.15. The van der Waals surface area contributed by atoms with Crippen molar-refractivity contribution in [1.82, 2.24) is 5.32 Å². The monoisotopic (exact) mass is 382 g/mol.